The first-order chi connectivity index (χ1) is 17.7. The first-order valence-corrected chi connectivity index (χ1v) is 12.4. The second kappa shape index (κ2) is 11.5. The van der Waals surface area contributed by atoms with Crippen molar-refractivity contribution in [2.75, 3.05) is 6.54 Å². The second-order valence-electron chi connectivity index (χ2n) is 9.27. The van der Waals surface area contributed by atoms with Gasteiger partial charge < -0.3 is 5.32 Å². The number of hydrogen-bond donors (Lipinski definition) is 1. The van der Waals surface area contributed by atoms with Gasteiger partial charge in [0.2, 0.25) is 0 Å². The predicted octanol–water partition coefficient (Wildman–Crippen LogP) is 5.66. The predicted molar refractivity (Wildman–Crippen MR) is 131 cm³/mol. The van der Waals surface area contributed by atoms with Crippen LogP contribution in [0.5, 0.6) is 0 Å². The number of Topliss-reactive ketones (excluding diaryl/α,β-unsaturated/α-hetero) is 2. The van der Waals surface area contributed by atoms with Gasteiger partial charge in [0.25, 0.3) is 5.91 Å². The lowest BCUT2D eigenvalue weighted by Gasteiger charge is -2.26. The molecule has 6 nitrogen and oxygen atoms in total. The van der Waals surface area contributed by atoms with Crippen molar-refractivity contribution in [3.8, 4) is 5.69 Å². The maximum absolute atomic E-state index is 13.5. The summed E-state index contributed by atoms with van der Waals surface area (Å²) < 4.78 is 41.5. The Kier molecular flexibility index (Phi) is 8.21. The molecule has 9 heteroatoms. The Balaban J connectivity index is 1.26. The van der Waals surface area contributed by atoms with Crippen molar-refractivity contribution in [1.82, 2.24) is 15.1 Å². The van der Waals surface area contributed by atoms with E-state index in [-0.39, 0.29) is 36.4 Å². The van der Waals surface area contributed by atoms with Crippen LogP contribution in [0.4, 0.5) is 13.2 Å². The summed E-state index contributed by atoms with van der Waals surface area (Å²) in [7, 11) is 0. The quantitative estimate of drug-likeness (QED) is 0.297. The first-order valence-electron chi connectivity index (χ1n) is 12.4. The van der Waals surface area contributed by atoms with E-state index in [9.17, 15) is 27.6 Å². The number of ketones is 2. The van der Waals surface area contributed by atoms with Crippen LogP contribution in [0.2, 0.25) is 0 Å². The van der Waals surface area contributed by atoms with Gasteiger partial charge in [0, 0.05) is 36.6 Å². The van der Waals surface area contributed by atoms with Crippen molar-refractivity contribution in [2.45, 2.75) is 44.7 Å². The van der Waals surface area contributed by atoms with Crippen molar-refractivity contribution in [2.24, 2.45) is 11.8 Å². The van der Waals surface area contributed by atoms with E-state index in [0.29, 0.717) is 43.4 Å². The minimum Gasteiger partial charge on any atom is -0.352 e. The third-order valence-corrected chi connectivity index (χ3v) is 6.75. The molecular formula is C28H28F3N3O3. The number of alkyl halides is 3. The normalized spacial score (nSPS) is 17.8. The highest BCUT2D eigenvalue weighted by atomic mass is 19.4. The summed E-state index contributed by atoms with van der Waals surface area (Å²) in [6.45, 7) is 0.0697. The Morgan fingerprint density at radius 3 is 2.11 bits per heavy atom. The molecule has 0 saturated heterocycles. The summed E-state index contributed by atoms with van der Waals surface area (Å²) in [5.41, 5.74) is -0.732. The minimum atomic E-state index is -4.79. The van der Waals surface area contributed by atoms with Gasteiger partial charge in [0.1, 0.15) is 5.78 Å². The molecule has 2 aromatic carbocycles. The van der Waals surface area contributed by atoms with Crippen LogP contribution in [0.15, 0.2) is 66.9 Å². The molecule has 0 aliphatic heterocycles. The monoisotopic (exact) mass is 511 g/mol. The van der Waals surface area contributed by atoms with E-state index in [1.807, 2.05) is 18.2 Å². The minimum absolute atomic E-state index is 0.0627. The van der Waals surface area contributed by atoms with E-state index in [2.05, 4.69) is 10.4 Å². The molecule has 0 radical (unpaired) electrons. The Bertz CT molecular complexity index is 1230. The van der Waals surface area contributed by atoms with Gasteiger partial charge in [-0.3, -0.25) is 14.4 Å². The molecule has 1 aliphatic rings. The van der Waals surface area contributed by atoms with Crippen LogP contribution >= 0.6 is 0 Å². The smallest absolute Gasteiger partial charge is 0.352 e. The summed E-state index contributed by atoms with van der Waals surface area (Å²) in [5, 5.41) is 6.07. The van der Waals surface area contributed by atoms with Gasteiger partial charge in [-0.25, -0.2) is 4.68 Å². The molecule has 1 saturated carbocycles. The molecule has 1 heterocycles. The Hall–Kier alpha value is -3.75. The van der Waals surface area contributed by atoms with Crippen LogP contribution in [0.3, 0.4) is 0 Å². The number of hydrogen-bond acceptors (Lipinski definition) is 4. The second-order valence-corrected chi connectivity index (χ2v) is 9.27. The van der Waals surface area contributed by atoms with Crippen LogP contribution in [-0.4, -0.2) is 33.8 Å². The van der Waals surface area contributed by atoms with Crippen LogP contribution in [0, 0.1) is 11.8 Å². The molecule has 1 aromatic heterocycles. The molecule has 1 N–H and O–H groups in total. The summed E-state index contributed by atoms with van der Waals surface area (Å²) >= 11 is 0. The fourth-order valence-electron chi connectivity index (χ4n) is 4.74. The maximum atomic E-state index is 13.5. The average Bonchev–Trinajstić information content (AvgIpc) is 3.38. The number of carbonyl (C=O) groups excluding carboxylic acids is 3. The molecule has 3 aromatic rings. The van der Waals surface area contributed by atoms with Gasteiger partial charge in [-0.1, -0.05) is 48.5 Å². The molecule has 37 heavy (non-hydrogen) atoms. The molecular weight excluding hydrogens is 483 g/mol. The van der Waals surface area contributed by atoms with E-state index < -0.39 is 23.3 Å². The van der Waals surface area contributed by atoms with Crippen molar-refractivity contribution in [3.63, 3.8) is 0 Å². The molecule has 0 bridgehead atoms. The Morgan fingerprint density at radius 1 is 0.892 bits per heavy atom. The molecule has 0 spiro atoms. The Morgan fingerprint density at radius 2 is 1.49 bits per heavy atom. The third kappa shape index (κ3) is 6.53. The maximum Gasteiger partial charge on any atom is 0.435 e. The number of rotatable bonds is 9. The van der Waals surface area contributed by atoms with Crippen LogP contribution in [0.1, 0.15) is 64.9 Å². The van der Waals surface area contributed by atoms with Crippen LogP contribution in [-0.2, 0) is 11.0 Å². The topological polar surface area (TPSA) is 81.1 Å². The van der Waals surface area contributed by atoms with Gasteiger partial charge in [0.05, 0.1) is 11.3 Å². The molecule has 194 valence electrons. The van der Waals surface area contributed by atoms with E-state index in [1.165, 1.54) is 0 Å². The highest BCUT2D eigenvalue weighted by Gasteiger charge is 2.39. The number of para-hydroxylation sites is 1. The van der Waals surface area contributed by atoms with E-state index in [0.717, 1.165) is 10.9 Å². The molecule has 0 unspecified atom stereocenters. The van der Waals surface area contributed by atoms with Gasteiger partial charge in [-0.2, -0.15) is 18.3 Å². The summed E-state index contributed by atoms with van der Waals surface area (Å²) in [6.07, 6.45) is -0.584. The third-order valence-electron chi connectivity index (χ3n) is 6.75. The van der Waals surface area contributed by atoms with Crippen LogP contribution < -0.4 is 5.32 Å². The summed E-state index contributed by atoms with van der Waals surface area (Å²) in [4.78, 5) is 37.8. The molecule has 1 amide bonds. The number of halogens is 3. The average molecular weight is 512 g/mol. The van der Waals surface area contributed by atoms with Crippen molar-refractivity contribution >= 4 is 17.5 Å². The number of nitrogens with one attached hydrogen (secondary N) is 1. The number of aromatic nitrogens is 2. The zero-order valence-electron chi connectivity index (χ0n) is 20.2. The van der Waals surface area contributed by atoms with Gasteiger partial charge in [0.15, 0.2) is 11.5 Å². The van der Waals surface area contributed by atoms with E-state index in [1.54, 1.807) is 42.5 Å². The lowest BCUT2D eigenvalue weighted by atomic mass is 9.76. The highest BCUT2D eigenvalue weighted by molar-refractivity contribution is 5.98. The number of amides is 1. The van der Waals surface area contributed by atoms with Crippen molar-refractivity contribution < 1.29 is 27.6 Å². The molecule has 1 fully saturated rings. The summed E-state index contributed by atoms with van der Waals surface area (Å²) in [5.74, 6) is -0.917. The SMILES string of the molecule is O=C(NCCCC(=O)C1CCC(C(=O)c2ccccc2)CC1)c1cn(-c2ccccc2)nc1C(F)(F)F. The van der Waals surface area contributed by atoms with Gasteiger partial charge in [-0.05, 0) is 44.2 Å². The van der Waals surface area contributed by atoms with Crippen molar-refractivity contribution in [3.05, 3.63) is 83.7 Å². The molecule has 1 aliphatic carbocycles. The van der Waals surface area contributed by atoms with E-state index >= 15 is 0 Å². The number of benzene rings is 2. The summed E-state index contributed by atoms with van der Waals surface area (Å²) in [6, 6.07) is 17.4. The number of carbonyl (C=O) groups is 3. The lowest BCUT2D eigenvalue weighted by Crippen LogP contribution is -2.28. The zero-order valence-corrected chi connectivity index (χ0v) is 20.2. The number of nitrogens with zero attached hydrogens (tertiary/aromatic N) is 2. The fourth-order valence-corrected chi connectivity index (χ4v) is 4.74. The zero-order chi connectivity index (χ0) is 26.4. The molecule has 4 rings (SSSR count). The van der Waals surface area contributed by atoms with Gasteiger partial charge >= 0.3 is 6.18 Å². The standard InChI is InChI=1S/C28H28F3N3O3/c29-28(30,31)26-23(18-34(33-26)22-10-5-2-6-11-22)27(37)32-17-7-12-24(35)19-13-15-21(16-14-19)25(36)20-8-3-1-4-9-20/h1-6,8-11,18-19,21H,7,12-17H2,(H,32,37). The van der Waals surface area contributed by atoms with Crippen molar-refractivity contribution in [1.29, 1.82) is 0 Å². The fraction of sp³-hybridized carbons (Fsp3) is 0.357. The first kappa shape index (κ1) is 26.3. The molecule has 0 atom stereocenters. The van der Waals surface area contributed by atoms with Gasteiger partial charge in [-0.15, -0.1) is 0 Å². The largest absolute Gasteiger partial charge is 0.435 e. The highest BCUT2D eigenvalue weighted by Crippen LogP contribution is 2.33. The lowest BCUT2D eigenvalue weighted by molar-refractivity contribution is -0.141. The Labute approximate surface area is 212 Å². The van der Waals surface area contributed by atoms with Crippen LogP contribution in [0.25, 0.3) is 5.69 Å². The van der Waals surface area contributed by atoms with E-state index in [4.69, 9.17) is 0 Å².